The molecular weight excluding hydrogens is 216 g/mol. The van der Waals surface area contributed by atoms with Crippen molar-refractivity contribution in [2.45, 2.75) is 26.7 Å². The summed E-state index contributed by atoms with van der Waals surface area (Å²) >= 11 is 0. The van der Waals surface area contributed by atoms with Gasteiger partial charge in [0, 0.05) is 17.7 Å². The van der Waals surface area contributed by atoms with Crippen molar-refractivity contribution in [3.8, 4) is 17.2 Å². The van der Waals surface area contributed by atoms with Crippen LogP contribution < -0.4 is 14.2 Å². The Balaban J connectivity index is 3.06. The van der Waals surface area contributed by atoms with Crippen molar-refractivity contribution >= 4 is 0 Å². The van der Waals surface area contributed by atoms with Gasteiger partial charge in [-0.25, -0.2) is 0 Å². The second-order valence-electron chi connectivity index (χ2n) is 4.44. The molecule has 3 nitrogen and oxygen atoms in total. The van der Waals surface area contributed by atoms with Gasteiger partial charge in [-0.3, -0.25) is 0 Å². The molecule has 0 atom stereocenters. The standard InChI is InChI=1S/C14H22O3/c1-10(2)6-7-12-13(16-4)8-11(15-3)9-14(12)17-5/h8-10H,6-7H2,1-5H3. The Morgan fingerprint density at radius 2 is 1.47 bits per heavy atom. The molecule has 1 aromatic rings. The first-order chi connectivity index (χ1) is 8.12. The molecule has 0 bridgehead atoms. The SMILES string of the molecule is COc1cc(OC)c(CCC(C)C)c(OC)c1. The topological polar surface area (TPSA) is 27.7 Å². The smallest absolute Gasteiger partial charge is 0.129 e. The molecule has 17 heavy (non-hydrogen) atoms. The van der Waals surface area contributed by atoms with Crippen molar-refractivity contribution in [2.75, 3.05) is 21.3 Å². The molecule has 0 saturated heterocycles. The van der Waals surface area contributed by atoms with Crippen LogP contribution in [0, 0.1) is 5.92 Å². The molecule has 96 valence electrons. The van der Waals surface area contributed by atoms with Crippen LogP contribution in [0.4, 0.5) is 0 Å². The maximum Gasteiger partial charge on any atom is 0.129 e. The Bertz CT molecular complexity index is 333. The van der Waals surface area contributed by atoms with Gasteiger partial charge < -0.3 is 14.2 Å². The molecule has 0 radical (unpaired) electrons. The Kier molecular flexibility index (Phi) is 5.13. The molecule has 1 aromatic carbocycles. The van der Waals surface area contributed by atoms with Crippen LogP contribution in [0.1, 0.15) is 25.8 Å². The van der Waals surface area contributed by atoms with Crippen molar-refractivity contribution in [3.05, 3.63) is 17.7 Å². The van der Waals surface area contributed by atoms with E-state index >= 15 is 0 Å². The van der Waals surface area contributed by atoms with Gasteiger partial charge in [0.15, 0.2) is 0 Å². The molecule has 0 saturated carbocycles. The van der Waals surface area contributed by atoms with Crippen LogP contribution in [0.25, 0.3) is 0 Å². The second-order valence-corrected chi connectivity index (χ2v) is 4.44. The predicted molar refractivity (Wildman–Crippen MR) is 69.3 cm³/mol. The zero-order valence-corrected chi connectivity index (χ0v) is 11.4. The number of methoxy groups -OCH3 is 3. The third kappa shape index (κ3) is 3.55. The molecule has 0 unspecified atom stereocenters. The van der Waals surface area contributed by atoms with Crippen molar-refractivity contribution in [2.24, 2.45) is 5.92 Å². The first kappa shape index (κ1) is 13.7. The summed E-state index contributed by atoms with van der Waals surface area (Å²) < 4.78 is 16.0. The zero-order valence-electron chi connectivity index (χ0n) is 11.4. The minimum absolute atomic E-state index is 0.659. The van der Waals surface area contributed by atoms with E-state index in [2.05, 4.69) is 13.8 Å². The maximum absolute atomic E-state index is 5.40. The van der Waals surface area contributed by atoms with E-state index in [1.807, 2.05) is 12.1 Å². The van der Waals surface area contributed by atoms with Crippen LogP contribution in [0.3, 0.4) is 0 Å². The van der Waals surface area contributed by atoms with E-state index in [0.29, 0.717) is 5.92 Å². The molecule has 0 aromatic heterocycles. The fourth-order valence-corrected chi connectivity index (χ4v) is 1.76. The molecule has 0 aliphatic carbocycles. The van der Waals surface area contributed by atoms with Crippen LogP contribution >= 0.6 is 0 Å². The lowest BCUT2D eigenvalue weighted by Gasteiger charge is -2.15. The van der Waals surface area contributed by atoms with Gasteiger partial charge in [-0.1, -0.05) is 13.8 Å². The molecule has 0 spiro atoms. The van der Waals surface area contributed by atoms with Gasteiger partial charge in [0.05, 0.1) is 21.3 Å². The summed E-state index contributed by atoms with van der Waals surface area (Å²) in [4.78, 5) is 0. The van der Waals surface area contributed by atoms with Crippen LogP contribution in [0.2, 0.25) is 0 Å². The van der Waals surface area contributed by atoms with Crippen molar-refractivity contribution in [1.29, 1.82) is 0 Å². The van der Waals surface area contributed by atoms with Crippen LogP contribution in [0.15, 0.2) is 12.1 Å². The molecule has 1 rings (SSSR count). The first-order valence-corrected chi connectivity index (χ1v) is 5.91. The summed E-state index contributed by atoms with van der Waals surface area (Å²) in [5.41, 5.74) is 1.12. The highest BCUT2D eigenvalue weighted by Gasteiger charge is 2.13. The molecule has 3 heteroatoms. The average Bonchev–Trinajstić information content (AvgIpc) is 2.34. The summed E-state index contributed by atoms with van der Waals surface area (Å²) in [5.74, 6) is 3.09. The molecular formula is C14H22O3. The third-order valence-electron chi connectivity index (χ3n) is 2.79. The third-order valence-corrected chi connectivity index (χ3v) is 2.79. The molecule has 0 N–H and O–H groups in total. The summed E-state index contributed by atoms with van der Waals surface area (Å²) in [6.45, 7) is 4.42. The summed E-state index contributed by atoms with van der Waals surface area (Å²) in [6.07, 6.45) is 2.06. The Morgan fingerprint density at radius 1 is 0.941 bits per heavy atom. The van der Waals surface area contributed by atoms with E-state index in [4.69, 9.17) is 14.2 Å². The lowest BCUT2D eigenvalue weighted by molar-refractivity contribution is 0.366. The minimum Gasteiger partial charge on any atom is -0.496 e. The highest BCUT2D eigenvalue weighted by Crippen LogP contribution is 2.35. The van der Waals surface area contributed by atoms with Crippen LogP contribution in [-0.2, 0) is 6.42 Å². The number of ether oxygens (including phenoxy) is 3. The van der Waals surface area contributed by atoms with E-state index < -0.39 is 0 Å². The molecule has 0 aliphatic heterocycles. The van der Waals surface area contributed by atoms with Gasteiger partial charge in [-0.2, -0.15) is 0 Å². The monoisotopic (exact) mass is 238 g/mol. The highest BCUT2D eigenvalue weighted by molar-refractivity contribution is 5.50. The van der Waals surface area contributed by atoms with Crippen LogP contribution in [-0.4, -0.2) is 21.3 Å². The predicted octanol–water partition coefficient (Wildman–Crippen LogP) is 3.30. The number of benzene rings is 1. The van der Waals surface area contributed by atoms with Gasteiger partial charge in [0.25, 0.3) is 0 Å². The van der Waals surface area contributed by atoms with Crippen molar-refractivity contribution < 1.29 is 14.2 Å². The number of hydrogen-bond acceptors (Lipinski definition) is 3. The lowest BCUT2D eigenvalue weighted by Crippen LogP contribution is -2.00. The molecule has 0 fully saturated rings. The normalized spacial score (nSPS) is 10.5. The average molecular weight is 238 g/mol. The van der Waals surface area contributed by atoms with Gasteiger partial charge in [0.2, 0.25) is 0 Å². The molecule has 0 amide bonds. The summed E-state index contributed by atoms with van der Waals surface area (Å²) in [7, 11) is 4.99. The van der Waals surface area contributed by atoms with Crippen molar-refractivity contribution in [1.82, 2.24) is 0 Å². The maximum atomic E-state index is 5.40. The van der Waals surface area contributed by atoms with Gasteiger partial charge in [0.1, 0.15) is 17.2 Å². The van der Waals surface area contributed by atoms with Gasteiger partial charge in [-0.05, 0) is 18.8 Å². The number of hydrogen-bond donors (Lipinski definition) is 0. The van der Waals surface area contributed by atoms with Gasteiger partial charge in [-0.15, -0.1) is 0 Å². The quantitative estimate of drug-likeness (QED) is 0.761. The Hall–Kier alpha value is -1.38. The fourth-order valence-electron chi connectivity index (χ4n) is 1.76. The largest absolute Gasteiger partial charge is 0.496 e. The van der Waals surface area contributed by atoms with Gasteiger partial charge >= 0.3 is 0 Å². The zero-order chi connectivity index (χ0) is 12.8. The minimum atomic E-state index is 0.659. The van der Waals surface area contributed by atoms with E-state index in [-0.39, 0.29) is 0 Å². The lowest BCUT2D eigenvalue weighted by atomic mass is 10.0. The van der Waals surface area contributed by atoms with Crippen molar-refractivity contribution in [3.63, 3.8) is 0 Å². The second kappa shape index (κ2) is 6.38. The van der Waals surface area contributed by atoms with E-state index in [9.17, 15) is 0 Å². The van der Waals surface area contributed by atoms with E-state index in [0.717, 1.165) is 35.7 Å². The fraction of sp³-hybridized carbons (Fsp3) is 0.571. The Labute approximate surface area is 104 Å². The molecule has 0 heterocycles. The first-order valence-electron chi connectivity index (χ1n) is 5.91. The van der Waals surface area contributed by atoms with E-state index in [1.54, 1.807) is 21.3 Å². The van der Waals surface area contributed by atoms with Crippen LogP contribution in [0.5, 0.6) is 17.2 Å². The van der Waals surface area contributed by atoms with E-state index in [1.165, 1.54) is 0 Å². The highest BCUT2D eigenvalue weighted by atomic mass is 16.5. The number of rotatable bonds is 6. The summed E-state index contributed by atoms with van der Waals surface area (Å²) in [5, 5.41) is 0. The molecule has 0 aliphatic rings. The summed E-state index contributed by atoms with van der Waals surface area (Å²) in [6, 6.07) is 3.80. The Morgan fingerprint density at radius 3 is 1.82 bits per heavy atom.